The Kier molecular flexibility index (Phi) is 7.33. The van der Waals surface area contributed by atoms with Crippen LogP contribution >= 0.6 is 0 Å². The molecule has 1 rings (SSSR count). The maximum absolute atomic E-state index is 9.41. The molecule has 0 aromatic carbocycles. The highest BCUT2D eigenvalue weighted by Gasteiger charge is 2.34. The molecule has 0 amide bonds. The van der Waals surface area contributed by atoms with Crippen molar-refractivity contribution in [2.24, 2.45) is 11.3 Å². The summed E-state index contributed by atoms with van der Waals surface area (Å²) in [5, 5.41) is 13.0. The van der Waals surface area contributed by atoms with Crippen molar-refractivity contribution in [2.45, 2.75) is 59.0 Å². The quantitative estimate of drug-likeness (QED) is 0.711. The summed E-state index contributed by atoms with van der Waals surface area (Å²) in [7, 11) is 2.20. The van der Waals surface area contributed by atoms with Crippen LogP contribution in [-0.4, -0.2) is 49.3 Å². The van der Waals surface area contributed by atoms with Crippen LogP contribution in [0.5, 0.6) is 0 Å². The molecular weight excluding hydrogens is 236 g/mol. The summed E-state index contributed by atoms with van der Waals surface area (Å²) in [6, 6.07) is 0. The molecule has 1 fully saturated rings. The highest BCUT2D eigenvalue weighted by atomic mass is 16.3. The number of nitrogens with zero attached hydrogens (tertiary/aromatic N) is 1. The van der Waals surface area contributed by atoms with Crippen molar-refractivity contribution in [3.63, 3.8) is 0 Å². The summed E-state index contributed by atoms with van der Waals surface area (Å²) in [5.74, 6) is 0.900. The summed E-state index contributed by atoms with van der Waals surface area (Å²) >= 11 is 0. The van der Waals surface area contributed by atoms with E-state index >= 15 is 0 Å². The first-order valence-corrected chi connectivity index (χ1v) is 8.05. The summed E-state index contributed by atoms with van der Waals surface area (Å²) in [4.78, 5) is 2.42. The minimum atomic E-state index is -0.182. The second kappa shape index (κ2) is 8.23. The Hall–Kier alpha value is -0.120. The lowest BCUT2D eigenvalue weighted by atomic mass is 9.70. The zero-order valence-electron chi connectivity index (χ0n) is 13.4. The first kappa shape index (κ1) is 16.9. The fourth-order valence-corrected chi connectivity index (χ4v) is 3.21. The van der Waals surface area contributed by atoms with E-state index in [1.165, 1.54) is 32.2 Å². The van der Waals surface area contributed by atoms with Gasteiger partial charge in [0.1, 0.15) is 0 Å². The van der Waals surface area contributed by atoms with Crippen LogP contribution in [0.3, 0.4) is 0 Å². The smallest absolute Gasteiger partial charge is 0.0524 e. The Bertz CT molecular complexity index is 229. The van der Waals surface area contributed by atoms with E-state index in [0.717, 1.165) is 32.0 Å². The Balaban J connectivity index is 2.49. The van der Waals surface area contributed by atoms with E-state index in [1.807, 2.05) is 6.92 Å². The largest absolute Gasteiger partial charge is 0.393 e. The van der Waals surface area contributed by atoms with Crippen LogP contribution in [0.1, 0.15) is 52.9 Å². The third-order valence-electron chi connectivity index (χ3n) is 4.62. The summed E-state index contributed by atoms with van der Waals surface area (Å²) in [6.07, 6.45) is 6.13. The van der Waals surface area contributed by atoms with Crippen molar-refractivity contribution in [1.82, 2.24) is 10.2 Å². The molecule has 0 aliphatic heterocycles. The molecule has 0 aromatic heterocycles. The average molecular weight is 270 g/mol. The van der Waals surface area contributed by atoms with Crippen molar-refractivity contribution in [2.75, 3.05) is 33.2 Å². The van der Waals surface area contributed by atoms with E-state index in [4.69, 9.17) is 0 Å². The molecule has 1 saturated carbocycles. The number of hydrogen-bond acceptors (Lipinski definition) is 3. The van der Waals surface area contributed by atoms with Crippen LogP contribution < -0.4 is 5.32 Å². The zero-order chi connectivity index (χ0) is 14.3. The van der Waals surface area contributed by atoms with Crippen molar-refractivity contribution < 1.29 is 5.11 Å². The fraction of sp³-hybridized carbons (Fsp3) is 1.00. The molecule has 1 unspecified atom stereocenters. The third kappa shape index (κ3) is 6.24. The lowest BCUT2D eigenvalue weighted by Crippen LogP contribution is -2.45. The molecular formula is C16H34N2O. The summed E-state index contributed by atoms with van der Waals surface area (Å²) < 4.78 is 0. The minimum Gasteiger partial charge on any atom is -0.393 e. The topological polar surface area (TPSA) is 35.5 Å². The zero-order valence-corrected chi connectivity index (χ0v) is 13.4. The Labute approximate surface area is 119 Å². The molecule has 2 N–H and O–H groups in total. The van der Waals surface area contributed by atoms with Gasteiger partial charge in [0.2, 0.25) is 0 Å². The van der Waals surface area contributed by atoms with E-state index in [-0.39, 0.29) is 6.10 Å². The maximum atomic E-state index is 9.41. The lowest BCUT2D eigenvalue weighted by molar-refractivity contribution is 0.0889. The van der Waals surface area contributed by atoms with Crippen LogP contribution in [0.25, 0.3) is 0 Å². The van der Waals surface area contributed by atoms with Gasteiger partial charge in [-0.1, -0.05) is 26.7 Å². The standard InChI is InChI=1S/C16H34N2O/c1-5-17-12-16(9-6-14(2)7-10-16)13-18(4)11-8-15(3)19/h14-15,17,19H,5-13H2,1-4H3. The molecule has 0 spiro atoms. The van der Waals surface area contributed by atoms with Crippen molar-refractivity contribution >= 4 is 0 Å². The SMILES string of the molecule is CCNCC1(CN(C)CCC(C)O)CCC(C)CC1. The molecule has 1 aliphatic carbocycles. The van der Waals surface area contributed by atoms with Gasteiger partial charge in [0.05, 0.1) is 6.10 Å². The molecule has 3 nitrogen and oxygen atoms in total. The van der Waals surface area contributed by atoms with Crippen molar-refractivity contribution in [3.8, 4) is 0 Å². The van der Waals surface area contributed by atoms with E-state index in [1.54, 1.807) is 0 Å². The van der Waals surface area contributed by atoms with Gasteiger partial charge in [0, 0.05) is 19.6 Å². The first-order chi connectivity index (χ1) is 8.97. The summed E-state index contributed by atoms with van der Waals surface area (Å²) in [6.45, 7) is 10.8. The number of aliphatic hydroxyl groups excluding tert-OH is 1. The predicted molar refractivity (Wildman–Crippen MR) is 82.4 cm³/mol. The van der Waals surface area contributed by atoms with Gasteiger partial charge in [-0.15, -0.1) is 0 Å². The lowest BCUT2D eigenvalue weighted by Gasteiger charge is -2.42. The second-order valence-electron chi connectivity index (χ2n) is 6.84. The molecule has 114 valence electrons. The van der Waals surface area contributed by atoms with Crippen molar-refractivity contribution in [1.29, 1.82) is 0 Å². The number of nitrogens with one attached hydrogen (secondary N) is 1. The summed E-state index contributed by atoms with van der Waals surface area (Å²) in [5.41, 5.74) is 0.454. The second-order valence-corrected chi connectivity index (χ2v) is 6.84. The normalized spacial score (nSPS) is 29.7. The first-order valence-electron chi connectivity index (χ1n) is 8.05. The molecule has 3 heteroatoms. The molecule has 0 bridgehead atoms. The third-order valence-corrected chi connectivity index (χ3v) is 4.62. The van der Waals surface area contributed by atoms with Gasteiger partial charge in [-0.2, -0.15) is 0 Å². The highest BCUT2D eigenvalue weighted by molar-refractivity contribution is 4.88. The Morgan fingerprint density at radius 1 is 1.37 bits per heavy atom. The van der Waals surface area contributed by atoms with E-state index in [9.17, 15) is 5.11 Å². The number of rotatable bonds is 8. The van der Waals surface area contributed by atoms with E-state index in [0.29, 0.717) is 5.41 Å². The Morgan fingerprint density at radius 3 is 2.53 bits per heavy atom. The van der Waals surface area contributed by atoms with Crippen LogP contribution in [0.15, 0.2) is 0 Å². The minimum absolute atomic E-state index is 0.182. The van der Waals surface area contributed by atoms with Gasteiger partial charge in [-0.05, 0) is 51.1 Å². The number of aliphatic hydroxyl groups is 1. The van der Waals surface area contributed by atoms with Gasteiger partial charge in [-0.25, -0.2) is 0 Å². The van der Waals surface area contributed by atoms with Crippen LogP contribution in [0.4, 0.5) is 0 Å². The molecule has 0 saturated heterocycles. The van der Waals surface area contributed by atoms with Crippen LogP contribution in [0.2, 0.25) is 0 Å². The van der Waals surface area contributed by atoms with Gasteiger partial charge in [-0.3, -0.25) is 0 Å². The van der Waals surface area contributed by atoms with Crippen LogP contribution in [0, 0.1) is 11.3 Å². The molecule has 0 radical (unpaired) electrons. The molecule has 0 aromatic rings. The van der Waals surface area contributed by atoms with E-state index < -0.39 is 0 Å². The van der Waals surface area contributed by atoms with Crippen LogP contribution in [-0.2, 0) is 0 Å². The molecule has 1 aliphatic rings. The van der Waals surface area contributed by atoms with Gasteiger partial charge < -0.3 is 15.3 Å². The van der Waals surface area contributed by atoms with E-state index in [2.05, 4.69) is 31.1 Å². The van der Waals surface area contributed by atoms with Gasteiger partial charge in [0.15, 0.2) is 0 Å². The molecule has 0 heterocycles. The van der Waals surface area contributed by atoms with Gasteiger partial charge in [0.25, 0.3) is 0 Å². The predicted octanol–water partition coefficient (Wildman–Crippen LogP) is 2.50. The number of hydrogen-bond donors (Lipinski definition) is 2. The highest BCUT2D eigenvalue weighted by Crippen LogP contribution is 2.39. The fourth-order valence-electron chi connectivity index (χ4n) is 3.21. The molecule has 1 atom stereocenters. The maximum Gasteiger partial charge on any atom is 0.0524 e. The Morgan fingerprint density at radius 2 is 2.00 bits per heavy atom. The average Bonchev–Trinajstić information content (AvgIpc) is 2.37. The monoisotopic (exact) mass is 270 g/mol. The molecule has 19 heavy (non-hydrogen) atoms. The van der Waals surface area contributed by atoms with Gasteiger partial charge >= 0.3 is 0 Å². The van der Waals surface area contributed by atoms with Crippen molar-refractivity contribution in [3.05, 3.63) is 0 Å².